The molecule has 0 atom stereocenters. The molecule has 0 N–H and O–H groups in total. The number of anilines is 3. The lowest BCUT2D eigenvalue weighted by Crippen LogP contribution is -2.13. The zero-order chi connectivity index (χ0) is 38.2. The van der Waals surface area contributed by atoms with E-state index in [1.54, 1.807) is 0 Å². The first-order valence-electron chi connectivity index (χ1n) is 19.6. The molecule has 6 heteroatoms. The van der Waals surface area contributed by atoms with Crippen molar-refractivity contribution in [2.24, 2.45) is 0 Å². The third-order valence-corrected chi connectivity index (χ3v) is 11.5. The summed E-state index contributed by atoms with van der Waals surface area (Å²) in [4.78, 5) is 12.3. The van der Waals surface area contributed by atoms with Crippen LogP contribution in [0.1, 0.15) is 0 Å². The molecule has 6 nitrogen and oxygen atoms in total. The number of para-hydroxylation sites is 5. The van der Waals surface area contributed by atoms with Gasteiger partial charge < -0.3 is 9.13 Å². The van der Waals surface area contributed by atoms with Gasteiger partial charge in [-0.05, 0) is 84.9 Å². The maximum atomic E-state index is 5.50. The first-order valence-corrected chi connectivity index (χ1v) is 19.6. The van der Waals surface area contributed by atoms with Crippen molar-refractivity contribution in [1.29, 1.82) is 0 Å². The van der Waals surface area contributed by atoms with Gasteiger partial charge in [-0.3, -0.25) is 14.5 Å². The van der Waals surface area contributed by atoms with Gasteiger partial charge in [0.2, 0.25) is 0 Å². The van der Waals surface area contributed by atoms with Crippen molar-refractivity contribution in [2.75, 3.05) is 4.90 Å². The second-order valence-electron chi connectivity index (χ2n) is 14.7. The summed E-state index contributed by atoms with van der Waals surface area (Å²) in [6.45, 7) is 0. The molecule has 0 amide bonds. The van der Waals surface area contributed by atoms with Crippen LogP contribution in [0.5, 0.6) is 0 Å². The molecule has 0 saturated carbocycles. The van der Waals surface area contributed by atoms with Crippen LogP contribution in [0.3, 0.4) is 0 Å². The third kappa shape index (κ3) is 4.85. The fraction of sp³-hybridized carbons (Fsp3) is 0. The van der Waals surface area contributed by atoms with Gasteiger partial charge in [-0.25, -0.2) is 4.98 Å². The first-order chi connectivity index (χ1) is 28.8. The van der Waals surface area contributed by atoms with E-state index in [1.165, 1.54) is 49.0 Å². The Bertz CT molecular complexity index is 3020. The average Bonchev–Trinajstić information content (AvgIpc) is 3.93. The summed E-state index contributed by atoms with van der Waals surface area (Å²) < 4.78 is 6.97. The summed E-state index contributed by atoms with van der Waals surface area (Å²) in [5.74, 6) is 1.62. The van der Waals surface area contributed by atoms with Crippen molar-refractivity contribution < 1.29 is 0 Å². The zero-order valence-corrected chi connectivity index (χ0v) is 31.3. The molecule has 0 bridgehead atoms. The van der Waals surface area contributed by atoms with Crippen molar-refractivity contribution in [3.63, 3.8) is 0 Å². The van der Waals surface area contributed by atoms with E-state index < -0.39 is 0 Å². The van der Waals surface area contributed by atoms with Crippen LogP contribution in [0.2, 0.25) is 0 Å². The molecule has 0 aliphatic carbocycles. The first kappa shape index (κ1) is 32.3. The summed E-state index contributed by atoms with van der Waals surface area (Å²) in [5, 5.41) is 7.24. The standard InChI is InChI=1S/C52H34N6/c1-6-23-45-39(18-1)40-19-2-7-24-46(40)56(45)37-16-11-14-35(32-37)55(36-15-12-17-38(33-36)57-47-25-8-3-20-41(47)42-21-4-9-26-48(42)57)51-28-13-29-52(54-51)58-49-27-10-5-22-43(49)44-30-31-53-34-50(44)58/h1-34H. The summed E-state index contributed by atoms with van der Waals surface area (Å²) >= 11 is 0. The highest BCUT2D eigenvalue weighted by Crippen LogP contribution is 2.40. The topological polar surface area (TPSA) is 43.8 Å². The van der Waals surface area contributed by atoms with Crippen LogP contribution < -0.4 is 4.90 Å². The van der Waals surface area contributed by atoms with Crippen molar-refractivity contribution in [3.8, 4) is 17.2 Å². The molecule has 272 valence electrons. The van der Waals surface area contributed by atoms with E-state index in [2.05, 4.69) is 218 Å². The van der Waals surface area contributed by atoms with Crippen LogP contribution in [-0.2, 0) is 0 Å². The Labute approximate surface area is 333 Å². The van der Waals surface area contributed by atoms with Crippen LogP contribution in [0.4, 0.5) is 17.2 Å². The van der Waals surface area contributed by atoms with E-state index in [0.717, 1.165) is 50.8 Å². The van der Waals surface area contributed by atoms with Gasteiger partial charge >= 0.3 is 0 Å². The summed E-state index contributed by atoms with van der Waals surface area (Å²) in [6, 6.07) is 69.2. The van der Waals surface area contributed by atoms with Gasteiger partial charge in [0.25, 0.3) is 0 Å². The molecule has 0 aliphatic heterocycles. The molecule has 0 spiro atoms. The van der Waals surface area contributed by atoms with E-state index in [4.69, 9.17) is 4.98 Å². The number of hydrogen-bond donors (Lipinski definition) is 0. The molecule has 58 heavy (non-hydrogen) atoms. The molecule has 5 aromatic heterocycles. The number of nitrogens with zero attached hydrogens (tertiary/aromatic N) is 6. The van der Waals surface area contributed by atoms with E-state index in [9.17, 15) is 0 Å². The lowest BCUT2D eigenvalue weighted by atomic mass is 10.2. The predicted molar refractivity (Wildman–Crippen MR) is 240 cm³/mol. The minimum atomic E-state index is 0.797. The molecule has 7 aromatic carbocycles. The fourth-order valence-corrected chi connectivity index (χ4v) is 9.08. The minimum Gasteiger partial charge on any atom is -0.309 e. The normalized spacial score (nSPS) is 11.8. The Morgan fingerprint density at radius 1 is 0.345 bits per heavy atom. The molecule has 12 aromatic rings. The number of pyridine rings is 2. The molecule has 0 saturated heterocycles. The maximum Gasteiger partial charge on any atom is 0.140 e. The Balaban J connectivity index is 1.10. The third-order valence-electron chi connectivity index (χ3n) is 11.5. The highest BCUT2D eigenvalue weighted by molar-refractivity contribution is 6.11. The molecule has 0 aliphatic rings. The predicted octanol–water partition coefficient (Wildman–Crippen LogP) is 13.2. The van der Waals surface area contributed by atoms with E-state index in [-0.39, 0.29) is 0 Å². The Hall–Kier alpha value is -7.96. The quantitative estimate of drug-likeness (QED) is 0.170. The van der Waals surface area contributed by atoms with E-state index in [1.807, 2.05) is 12.4 Å². The van der Waals surface area contributed by atoms with Crippen LogP contribution in [0.15, 0.2) is 207 Å². The molecular weight excluding hydrogens is 709 g/mol. The number of hydrogen-bond acceptors (Lipinski definition) is 3. The minimum absolute atomic E-state index is 0.797. The van der Waals surface area contributed by atoms with Crippen molar-refractivity contribution in [3.05, 3.63) is 207 Å². The number of aromatic nitrogens is 5. The second-order valence-corrected chi connectivity index (χ2v) is 14.7. The van der Waals surface area contributed by atoms with Gasteiger partial charge in [-0.15, -0.1) is 0 Å². The van der Waals surface area contributed by atoms with Gasteiger partial charge in [-0.1, -0.05) is 109 Å². The van der Waals surface area contributed by atoms with E-state index in [0.29, 0.717) is 0 Å². The van der Waals surface area contributed by atoms with Crippen molar-refractivity contribution >= 4 is 82.6 Å². The lowest BCUT2D eigenvalue weighted by Gasteiger charge is -2.26. The molecule has 0 radical (unpaired) electrons. The summed E-state index contributed by atoms with van der Waals surface area (Å²) in [7, 11) is 0. The molecule has 5 heterocycles. The summed E-state index contributed by atoms with van der Waals surface area (Å²) in [5.41, 5.74) is 10.9. The Morgan fingerprint density at radius 2 is 0.759 bits per heavy atom. The fourth-order valence-electron chi connectivity index (χ4n) is 9.08. The largest absolute Gasteiger partial charge is 0.309 e. The van der Waals surface area contributed by atoms with E-state index >= 15 is 0 Å². The lowest BCUT2D eigenvalue weighted by molar-refractivity contribution is 1.05. The van der Waals surface area contributed by atoms with Crippen molar-refractivity contribution in [2.45, 2.75) is 0 Å². The Kier molecular flexibility index (Phi) is 7.13. The smallest absolute Gasteiger partial charge is 0.140 e. The zero-order valence-electron chi connectivity index (χ0n) is 31.3. The van der Waals surface area contributed by atoms with Crippen LogP contribution in [-0.4, -0.2) is 23.7 Å². The Morgan fingerprint density at radius 3 is 1.24 bits per heavy atom. The molecule has 0 unspecified atom stereocenters. The van der Waals surface area contributed by atoms with Gasteiger partial charge in [0.15, 0.2) is 0 Å². The van der Waals surface area contributed by atoms with Gasteiger partial charge in [-0.2, -0.15) is 0 Å². The summed E-state index contributed by atoms with van der Waals surface area (Å²) in [6.07, 6.45) is 3.80. The van der Waals surface area contributed by atoms with Crippen LogP contribution >= 0.6 is 0 Å². The van der Waals surface area contributed by atoms with Gasteiger partial charge in [0, 0.05) is 61.3 Å². The van der Waals surface area contributed by atoms with Crippen LogP contribution in [0, 0.1) is 0 Å². The number of fused-ring (bicyclic) bond motifs is 9. The molecule has 12 rings (SSSR count). The monoisotopic (exact) mass is 742 g/mol. The van der Waals surface area contributed by atoms with Crippen LogP contribution in [0.25, 0.3) is 82.6 Å². The number of rotatable bonds is 6. The average molecular weight is 743 g/mol. The number of benzene rings is 7. The molecular formula is C52H34N6. The second kappa shape index (κ2) is 12.8. The maximum absolute atomic E-state index is 5.50. The SMILES string of the molecule is c1cc(N(c2cccc(-n3c4ccccc4c4ccccc43)c2)c2cccc(-n3c4ccccc4c4ccncc43)n2)cc(-n2c3ccccc3c3ccccc32)c1. The molecule has 0 fully saturated rings. The highest BCUT2D eigenvalue weighted by atomic mass is 15.2. The van der Waals surface area contributed by atoms with Crippen molar-refractivity contribution in [1.82, 2.24) is 23.7 Å². The van der Waals surface area contributed by atoms with Gasteiger partial charge in [0.05, 0.1) is 39.3 Å². The highest BCUT2D eigenvalue weighted by Gasteiger charge is 2.21. The van der Waals surface area contributed by atoms with Gasteiger partial charge in [0.1, 0.15) is 11.6 Å².